The standard InChI is InChI=1S/C11H11NS/c1-8(13)10-7-6-9-4-2-3-5-11(9)12-10/h2-8,13H,1H3. The molecule has 0 fully saturated rings. The smallest absolute Gasteiger partial charge is 0.0705 e. The van der Waals surface area contributed by atoms with Crippen molar-refractivity contribution in [3.63, 3.8) is 0 Å². The van der Waals surface area contributed by atoms with E-state index in [0.717, 1.165) is 11.2 Å². The lowest BCUT2D eigenvalue weighted by molar-refractivity contribution is 1.03. The number of nitrogens with zero attached hydrogens (tertiary/aromatic N) is 1. The molecule has 0 spiro atoms. The molecule has 0 radical (unpaired) electrons. The normalized spacial score (nSPS) is 13.1. The van der Waals surface area contributed by atoms with Gasteiger partial charge in [0.1, 0.15) is 0 Å². The van der Waals surface area contributed by atoms with Gasteiger partial charge in [0, 0.05) is 10.6 Å². The van der Waals surface area contributed by atoms with Crippen molar-refractivity contribution in [3.05, 3.63) is 42.1 Å². The molecule has 1 aromatic carbocycles. The summed E-state index contributed by atoms with van der Waals surface area (Å²) in [4.78, 5) is 4.50. The van der Waals surface area contributed by atoms with Crippen LogP contribution in [0.15, 0.2) is 36.4 Å². The van der Waals surface area contributed by atoms with Crippen LogP contribution in [0.5, 0.6) is 0 Å². The molecular weight excluding hydrogens is 178 g/mol. The zero-order chi connectivity index (χ0) is 9.26. The van der Waals surface area contributed by atoms with Gasteiger partial charge in [-0.3, -0.25) is 4.98 Å². The van der Waals surface area contributed by atoms with Gasteiger partial charge in [-0.05, 0) is 19.1 Å². The Labute approximate surface area is 83.2 Å². The Bertz CT molecular complexity index is 423. The first-order valence-electron chi connectivity index (χ1n) is 4.31. The second-order valence-corrected chi connectivity index (χ2v) is 3.88. The Morgan fingerprint density at radius 3 is 2.69 bits per heavy atom. The zero-order valence-electron chi connectivity index (χ0n) is 7.44. The van der Waals surface area contributed by atoms with Gasteiger partial charge in [0.2, 0.25) is 0 Å². The predicted molar refractivity (Wildman–Crippen MR) is 59.1 cm³/mol. The van der Waals surface area contributed by atoms with Crippen molar-refractivity contribution in [2.24, 2.45) is 0 Å². The molecule has 0 N–H and O–H groups in total. The summed E-state index contributed by atoms with van der Waals surface area (Å²) in [5.41, 5.74) is 2.07. The van der Waals surface area contributed by atoms with Crippen LogP contribution in [0.3, 0.4) is 0 Å². The largest absolute Gasteiger partial charge is 0.252 e. The number of thiol groups is 1. The fourth-order valence-electron chi connectivity index (χ4n) is 1.31. The van der Waals surface area contributed by atoms with Crippen molar-refractivity contribution < 1.29 is 0 Å². The summed E-state index contributed by atoms with van der Waals surface area (Å²) in [7, 11) is 0. The maximum atomic E-state index is 4.50. The third-order valence-electron chi connectivity index (χ3n) is 2.05. The highest BCUT2D eigenvalue weighted by Gasteiger charge is 2.01. The molecule has 2 rings (SSSR count). The number of hydrogen-bond acceptors (Lipinski definition) is 2. The van der Waals surface area contributed by atoms with E-state index in [-0.39, 0.29) is 5.25 Å². The summed E-state index contributed by atoms with van der Waals surface area (Å²) in [6.45, 7) is 2.03. The third kappa shape index (κ3) is 1.68. The highest BCUT2D eigenvalue weighted by atomic mass is 32.1. The van der Waals surface area contributed by atoms with E-state index < -0.39 is 0 Å². The summed E-state index contributed by atoms with van der Waals surface area (Å²) in [6.07, 6.45) is 0. The molecular formula is C11H11NS. The number of rotatable bonds is 1. The van der Waals surface area contributed by atoms with Gasteiger partial charge in [0.25, 0.3) is 0 Å². The second kappa shape index (κ2) is 3.38. The molecule has 0 saturated carbocycles. The monoisotopic (exact) mass is 189 g/mol. The van der Waals surface area contributed by atoms with Crippen LogP contribution in [0, 0.1) is 0 Å². The minimum absolute atomic E-state index is 0.199. The third-order valence-corrected chi connectivity index (χ3v) is 2.31. The molecule has 0 aliphatic rings. The summed E-state index contributed by atoms with van der Waals surface area (Å²) >= 11 is 4.35. The minimum Gasteiger partial charge on any atom is -0.252 e. The van der Waals surface area contributed by atoms with E-state index >= 15 is 0 Å². The van der Waals surface area contributed by atoms with Gasteiger partial charge in [-0.15, -0.1) is 0 Å². The maximum Gasteiger partial charge on any atom is 0.0705 e. The molecule has 1 aromatic heterocycles. The number of fused-ring (bicyclic) bond motifs is 1. The summed E-state index contributed by atoms with van der Waals surface area (Å²) in [5, 5.41) is 1.38. The van der Waals surface area contributed by atoms with Crippen LogP contribution >= 0.6 is 12.6 Å². The number of pyridine rings is 1. The van der Waals surface area contributed by atoms with E-state index in [4.69, 9.17) is 0 Å². The first-order valence-corrected chi connectivity index (χ1v) is 4.83. The highest BCUT2D eigenvalue weighted by molar-refractivity contribution is 7.80. The maximum absolute atomic E-state index is 4.50. The molecule has 1 heterocycles. The topological polar surface area (TPSA) is 12.9 Å². The van der Waals surface area contributed by atoms with Crippen molar-refractivity contribution >= 4 is 23.5 Å². The molecule has 1 nitrogen and oxygen atoms in total. The lowest BCUT2D eigenvalue weighted by atomic mass is 10.2. The Balaban J connectivity index is 2.62. The van der Waals surface area contributed by atoms with E-state index in [1.807, 2.05) is 31.2 Å². The number of aromatic nitrogens is 1. The molecule has 2 aromatic rings. The quantitative estimate of drug-likeness (QED) is 0.680. The van der Waals surface area contributed by atoms with Gasteiger partial charge in [-0.2, -0.15) is 12.6 Å². The Kier molecular flexibility index (Phi) is 2.23. The molecule has 0 aliphatic heterocycles. The van der Waals surface area contributed by atoms with Crippen LogP contribution in [-0.2, 0) is 0 Å². The first-order chi connectivity index (χ1) is 6.27. The SMILES string of the molecule is CC(S)c1ccc2ccccc2n1. The molecule has 0 aliphatic carbocycles. The van der Waals surface area contributed by atoms with Crippen molar-refractivity contribution in [3.8, 4) is 0 Å². The van der Waals surface area contributed by atoms with Crippen molar-refractivity contribution in [2.45, 2.75) is 12.2 Å². The lowest BCUT2D eigenvalue weighted by Gasteiger charge is -2.04. The molecule has 13 heavy (non-hydrogen) atoms. The van der Waals surface area contributed by atoms with Gasteiger partial charge in [0.15, 0.2) is 0 Å². The number of para-hydroxylation sites is 1. The van der Waals surface area contributed by atoms with Crippen molar-refractivity contribution in [1.82, 2.24) is 4.98 Å². The summed E-state index contributed by atoms with van der Waals surface area (Å²) in [5.74, 6) is 0. The molecule has 0 bridgehead atoms. The van der Waals surface area contributed by atoms with Gasteiger partial charge >= 0.3 is 0 Å². The zero-order valence-corrected chi connectivity index (χ0v) is 8.33. The van der Waals surface area contributed by atoms with E-state index in [2.05, 4.69) is 29.7 Å². The molecule has 2 heteroatoms. The van der Waals surface area contributed by atoms with Crippen LogP contribution in [-0.4, -0.2) is 4.98 Å². The van der Waals surface area contributed by atoms with E-state index in [9.17, 15) is 0 Å². The van der Waals surface area contributed by atoms with Crippen LogP contribution in [0.25, 0.3) is 10.9 Å². The van der Waals surface area contributed by atoms with Gasteiger partial charge < -0.3 is 0 Å². The predicted octanol–water partition coefficient (Wildman–Crippen LogP) is 3.23. The summed E-state index contributed by atoms with van der Waals surface area (Å²) < 4.78 is 0. The molecule has 1 unspecified atom stereocenters. The Morgan fingerprint density at radius 2 is 1.92 bits per heavy atom. The average Bonchev–Trinajstić information content (AvgIpc) is 2.17. The van der Waals surface area contributed by atoms with Crippen LogP contribution < -0.4 is 0 Å². The van der Waals surface area contributed by atoms with E-state index in [0.29, 0.717) is 0 Å². The van der Waals surface area contributed by atoms with Crippen LogP contribution in [0.2, 0.25) is 0 Å². The fraction of sp³-hybridized carbons (Fsp3) is 0.182. The van der Waals surface area contributed by atoms with Crippen LogP contribution in [0.4, 0.5) is 0 Å². The number of benzene rings is 1. The highest BCUT2D eigenvalue weighted by Crippen LogP contribution is 2.19. The van der Waals surface area contributed by atoms with E-state index in [1.165, 1.54) is 5.39 Å². The Morgan fingerprint density at radius 1 is 1.15 bits per heavy atom. The molecule has 1 atom stereocenters. The second-order valence-electron chi connectivity index (χ2n) is 3.10. The lowest BCUT2D eigenvalue weighted by Crippen LogP contribution is -1.89. The minimum atomic E-state index is 0.199. The van der Waals surface area contributed by atoms with E-state index in [1.54, 1.807) is 0 Å². The Hall–Kier alpha value is -1.02. The molecule has 0 amide bonds. The van der Waals surface area contributed by atoms with Gasteiger partial charge in [-0.25, -0.2) is 0 Å². The van der Waals surface area contributed by atoms with Crippen LogP contribution in [0.1, 0.15) is 17.9 Å². The number of hydrogen-bond donors (Lipinski definition) is 1. The summed E-state index contributed by atoms with van der Waals surface area (Å²) in [6, 6.07) is 12.2. The van der Waals surface area contributed by atoms with Gasteiger partial charge in [-0.1, -0.05) is 24.3 Å². The van der Waals surface area contributed by atoms with Gasteiger partial charge in [0.05, 0.1) is 11.2 Å². The average molecular weight is 189 g/mol. The van der Waals surface area contributed by atoms with Crippen molar-refractivity contribution in [1.29, 1.82) is 0 Å². The first kappa shape index (κ1) is 8.57. The molecule has 0 saturated heterocycles. The van der Waals surface area contributed by atoms with Crippen molar-refractivity contribution in [2.75, 3.05) is 0 Å². The fourth-order valence-corrected chi connectivity index (χ4v) is 1.46. The molecule has 66 valence electrons.